The zero-order valence-electron chi connectivity index (χ0n) is 10.0. The lowest BCUT2D eigenvalue weighted by Crippen LogP contribution is -2.46. The van der Waals surface area contributed by atoms with Gasteiger partial charge < -0.3 is 16.0 Å². The molecule has 0 heterocycles. The van der Waals surface area contributed by atoms with Crippen molar-refractivity contribution in [3.8, 4) is 0 Å². The van der Waals surface area contributed by atoms with Crippen LogP contribution in [0.3, 0.4) is 0 Å². The monoisotopic (exact) mass is 227 g/mol. The summed E-state index contributed by atoms with van der Waals surface area (Å²) >= 11 is 0. The summed E-state index contributed by atoms with van der Waals surface area (Å²) < 4.78 is 0. The van der Waals surface area contributed by atoms with Gasteiger partial charge in [-0.25, -0.2) is 4.79 Å². The van der Waals surface area contributed by atoms with Crippen LogP contribution in [0, 0.1) is 0 Å². The molecule has 0 radical (unpaired) electrons. The maximum absolute atomic E-state index is 11.4. The molecule has 5 nitrogen and oxygen atoms in total. The van der Waals surface area contributed by atoms with Crippen molar-refractivity contribution in [3.63, 3.8) is 0 Å². The molecule has 0 aromatic heterocycles. The van der Waals surface area contributed by atoms with Gasteiger partial charge in [-0.2, -0.15) is 0 Å². The number of urea groups is 1. The number of amides is 3. The summed E-state index contributed by atoms with van der Waals surface area (Å²) in [5.74, 6) is -0.156. The van der Waals surface area contributed by atoms with E-state index >= 15 is 0 Å². The minimum atomic E-state index is -0.245. The fourth-order valence-corrected chi connectivity index (χ4v) is 1.84. The van der Waals surface area contributed by atoms with E-state index in [2.05, 4.69) is 16.0 Å². The van der Waals surface area contributed by atoms with Gasteiger partial charge in [0.1, 0.15) is 0 Å². The third-order valence-corrected chi connectivity index (χ3v) is 2.55. The normalized spacial score (nSPS) is 16.2. The van der Waals surface area contributed by atoms with Crippen LogP contribution in [0.2, 0.25) is 0 Å². The highest BCUT2D eigenvalue weighted by atomic mass is 16.2. The first kappa shape index (κ1) is 12.8. The second kappa shape index (κ2) is 6.35. The Morgan fingerprint density at radius 3 is 2.44 bits per heavy atom. The third-order valence-electron chi connectivity index (χ3n) is 2.55. The molecule has 1 aliphatic rings. The van der Waals surface area contributed by atoms with Gasteiger partial charge in [-0.15, -0.1) is 0 Å². The lowest BCUT2D eigenvalue weighted by Gasteiger charge is -2.13. The molecule has 1 fully saturated rings. The van der Waals surface area contributed by atoms with E-state index in [1.807, 2.05) is 13.8 Å². The highest BCUT2D eigenvalue weighted by molar-refractivity contribution is 5.84. The molecule has 92 valence electrons. The zero-order chi connectivity index (χ0) is 12.0. The zero-order valence-corrected chi connectivity index (χ0v) is 10.0. The summed E-state index contributed by atoms with van der Waals surface area (Å²) in [5, 5.41) is 8.12. The van der Waals surface area contributed by atoms with Crippen molar-refractivity contribution in [2.75, 3.05) is 6.54 Å². The molecule has 1 aliphatic carbocycles. The van der Waals surface area contributed by atoms with E-state index in [1.54, 1.807) is 0 Å². The van der Waals surface area contributed by atoms with Crippen molar-refractivity contribution >= 4 is 11.9 Å². The standard InChI is InChI=1S/C11H21N3O2/c1-8(2)13-10(15)7-12-11(16)14-9-5-3-4-6-9/h8-9H,3-7H2,1-2H3,(H,13,15)(H2,12,14,16). The molecule has 0 spiro atoms. The van der Waals surface area contributed by atoms with E-state index in [-0.39, 0.29) is 30.6 Å². The smallest absolute Gasteiger partial charge is 0.315 e. The molecule has 0 saturated heterocycles. The van der Waals surface area contributed by atoms with Gasteiger partial charge in [0.05, 0.1) is 6.54 Å². The summed E-state index contributed by atoms with van der Waals surface area (Å²) in [4.78, 5) is 22.6. The largest absolute Gasteiger partial charge is 0.352 e. The molecule has 5 heteroatoms. The number of nitrogens with one attached hydrogen (secondary N) is 3. The third kappa shape index (κ3) is 5.00. The van der Waals surface area contributed by atoms with Crippen LogP contribution in [0.4, 0.5) is 4.79 Å². The van der Waals surface area contributed by atoms with Gasteiger partial charge in [0.25, 0.3) is 0 Å². The molecule has 16 heavy (non-hydrogen) atoms. The first-order chi connectivity index (χ1) is 7.58. The van der Waals surface area contributed by atoms with Crippen LogP contribution in [-0.4, -0.2) is 30.6 Å². The van der Waals surface area contributed by atoms with Crippen LogP contribution in [0.1, 0.15) is 39.5 Å². The van der Waals surface area contributed by atoms with Crippen molar-refractivity contribution in [2.45, 2.75) is 51.6 Å². The Balaban J connectivity index is 2.11. The van der Waals surface area contributed by atoms with Crippen molar-refractivity contribution in [1.82, 2.24) is 16.0 Å². The van der Waals surface area contributed by atoms with Gasteiger partial charge >= 0.3 is 6.03 Å². The van der Waals surface area contributed by atoms with E-state index in [9.17, 15) is 9.59 Å². The molecule has 0 unspecified atom stereocenters. The van der Waals surface area contributed by atoms with Gasteiger partial charge in [0, 0.05) is 12.1 Å². The lowest BCUT2D eigenvalue weighted by molar-refractivity contribution is -0.120. The number of carbonyl (C=O) groups is 2. The summed E-state index contributed by atoms with van der Waals surface area (Å²) in [6, 6.07) is 0.145. The Morgan fingerprint density at radius 1 is 1.25 bits per heavy atom. The molecule has 0 aromatic rings. The summed E-state index contributed by atoms with van der Waals surface area (Å²) in [6.07, 6.45) is 4.45. The average Bonchev–Trinajstić information content (AvgIpc) is 2.66. The Bertz CT molecular complexity index is 248. The second-order valence-corrected chi connectivity index (χ2v) is 4.53. The van der Waals surface area contributed by atoms with Gasteiger partial charge in [-0.1, -0.05) is 12.8 Å². The molecule has 3 N–H and O–H groups in total. The van der Waals surface area contributed by atoms with E-state index in [4.69, 9.17) is 0 Å². The van der Waals surface area contributed by atoms with Gasteiger partial charge in [0.15, 0.2) is 0 Å². The number of rotatable bonds is 4. The number of carbonyl (C=O) groups excluding carboxylic acids is 2. The van der Waals surface area contributed by atoms with Crippen LogP contribution in [0.15, 0.2) is 0 Å². The fraction of sp³-hybridized carbons (Fsp3) is 0.818. The molecule has 1 saturated carbocycles. The molecule has 3 amide bonds. The summed E-state index contributed by atoms with van der Waals surface area (Å²) in [5.41, 5.74) is 0. The highest BCUT2D eigenvalue weighted by Crippen LogP contribution is 2.17. The Morgan fingerprint density at radius 2 is 1.88 bits per heavy atom. The molecule has 0 aliphatic heterocycles. The molecule has 1 rings (SSSR count). The molecule has 0 atom stereocenters. The first-order valence-electron chi connectivity index (χ1n) is 5.91. The maximum atomic E-state index is 11.4. The molecular formula is C11H21N3O2. The van der Waals surface area contributed by atoms with Crippen molar-refractivity contribution in [3.05, 3.63) is 0 Å². The van der Waals surface area contributed by atoms with Crippen LogP contribution in [0.5, 0.6) is 0 Å². The van der Waals surface area contributed by atoms with Gasteiger partial charge in [-0.05, 0) is 26.7 Å². The first-order valence-corrected chi connectivity index (χ1v) is 5.91. The Hall–Kier alpha value is -1.26. The average molecular weight is 227 g/mol. The summed E-state index contributed by atoms with van der Waals surface area (Å²) in [7, 11) is 0. The number of hydrogen-bond donors (Lipinski definition) is 3. The van der Waals surface area contributed by atoms with E-state index in [1.165, 1.54) is 12.8 Å². The lowest BCUT2D eigenvalue weighted by atomic mass is 10.2. The Kier molecular flexibility index (Phi) is 5.08. The molecule has 0 bridgehead atoms. The minimum absolute atomic E-state index is 0.0384. The van der Waals surface area contributed by atoms with Crippen molar-refractivity contribution < 1.29 is 9.59 Å². The SMILES string of the molecule is CC(C)NC(=O)CNC(=O)NC1CCCC1. The van der Waals surface area contributed by atoms with Crippen LogP contribution in [-0.2, 0) is 4.79 Å². The van der Waals surface area contributed by atoms with Crippen LogP contribution >= 0.6 is 0 Å². The van der Waals surface area contributed by atoms with Crippen molar-refractivity contribution in [1.29, 1.82) is 0 Å². The molecule has 0 aromatic carbocycles. The van der Waals surface area contributed by atoms with Crippen molar-refractivity contribution in [2.24, 2.45) is 0 Å². The van der Waals surface area contributed by atoms with Crippen LogP contribution < -0.4 is 16.0 Å². The van der Waals surface area contributed by atoms with E-state index < -0.39 is 0 Å². The maximum Gasteiger partial charge on any atom is 0.315 e. The van der Waals surface area contributed by atoms with Crippen LogP contribution in [0.25, 0.3) is 0 Å². The molecular weight excluding hydrogens is 206 g/mol. The summed E-state index contributed by atoms with van der Waals surface area (Å²) in [6.45, 7) is 3.81. The van der Waals surface area contributed by atoms with Gasteiger partial charge in [0.2, 0.25) is 5.91 Å². The number of hydrogen-bond acceptors (Lipinski definition) is 2. The van der Waals surface area contributed by atoms with Gasteiger partial charge in [-0.3, -0.25) is 4.79 Å². The fourth-order valence-electron chi connectivity index (χ4n) is 1.84. The Labute approximate surface area is 96.4 Å². The predicted molar refractivity (Wildman–Crippen MR) is 62.1 cm³/mol. The van der Waals surface area contributed by atoms with E-state index in [0.29, 0.717) is 0 Å². The van der Waals surface area contributed by atoms with E-state index in [0.717, 1.165) is 12.8 Å². The second-order valence-electron chi connectivity index (χ2n) is 4.53. The predicted octanol–water partition coefficient (Wildman–Crippen LogP) is 0.753. The quantitative estimate of drug-likeness (QED) is 0.663. The topological polar surface area (TPSA) is 70.2 Å². The minimum Gasteiger partial charge on any atom is -0.352 e. The highest BCUT2D eigenvalue weighted by Gasteiger charge is 2.17.